The molecule has 0 radical (unpaired) electrons. The van der Waals surface area contributed by atoms with Crippen LogP contribution in [0.5, 0.6) is 5.75 Å². The molecule has 19 heavy (non-hydrogen) atoms. The van der Waals surface area contributed by atoms with Crippen LogP contribution in [0.15, 0.2) is 29.6 Å². The predicted octanol–water partition coefficient (Wildman–Crippen LogP) is 2.16. The fourth-order valence-electron chi connectivity index (χ4n) is 2.28. The Kier molecular flexibility index (Phi) is 3.66. The van der Waals surface area contributed by atoms with Gasteiger partial charge in [0, 0.05) is 37.0 Å². The summed E-state index contributed by atoms with van der Waals surface area (Å²) in [6.45, 7) is 3.63. The third-order valence-electron chi connectivity index (χ3n) is 3.29. The maximum absolute atomic E-state index is 5.76. The van der Waals surface area contributed by atoms with Crippen molar-refractivity contribution in [1.29, 1.82) is 0 Å². The smallest absolute Gasteiger partial charge is 0.180 e. The number of ether oxygens (including phenoxy) is 1. The molecule has 2 N–H and O–H groups in total. The lowest BCUT2D eigenvalue weighted by molar-refractivity contribution is 0.227. The molecular weight excluding hydrogens is 258 g/mol. The topological polar surface area (TPSA) is 51.4 Å². The van der Waals surface area contributed by atoms with Crippen molar-refractivity contribution in [2.24, 2.45) is 0 Å². The first-order valence-electron chi connectivity index (χ1n) is 6.44. The van der Waals surface area contributed by atoms with Gasteiger partial charge in [0.1, 0.15) is 12.4 Å². The molecule has 0 amide bonds. The molecule has 4 nitrogen and oxygen atoms in total. The minimum Gasteiger partial charge on any atom is -0.492 e. The van der Waals surface area contributed by atoms with Gasteiger partial charge < -0.3 is 10.5 Å². The number of hydrogen-bond acceptors (Lipinski definition) is 5. The molecule has 0 atom stereocenters. The standard InChI is InChI=1S/C14H17N3OS/c15-14-16-12(10-19-14)5-6-17-7-8-18-13-4-2-1-3-11(13)9-17/h1-4,10H,5-9H2,(H2,15,16). The van der Waals surface area contributed by atoms with Gasteiger partial charge in [-0.2, -0.15) is 0 Å². The summed E-state index contributed by atoms with van der Waals surface area (Å²) in [6.07, 6.45) is 0.940. The maximum Gasteiger partial charge on any atom is 0.180 e. The minimum atomic E-state index is 0.652. The summed E-state index contributed by atoms with van der Waals surface area (Å²) >= 11 is 1.51. The zero-order valence-electron chi connectivity index (χ0n) is 10.7. The Morgan fingerprint density at radius 2 is 2.26 bits per heavy atom. The van der Waals surface area contributed by atoms with Crippen molar-refractivity contribution >= 4 is 16.5 Å². The Balaban J connectivity index is 1.63. The Bertz CT molecular complexity index is 555. The van der Waals surface area contributed by atoms with Gasteiger partial charge in [-0.15, -0.1) is 11.3 Å². The van der Waals surface area contributed by atoms with E-state index in [0.29, 0.717) is 5.13 Å². The Morgan fingerprint density at radius 1 is 1.37 bits per heavy atom. The normalized spacial score (nSPS) is 15.6. The summed E-state index contributed by atoms with van der Waals surface area (Å²) in [6, 6.07) is 8.26. The molecule has 0 fully saturated rings. The second kappa shape index (κ2) is 5.59. The molecule has 0 aliphatic carbocycles. The number of nitrogens with zero attached hydrogens (tertiary/aromatic N) is 2. The number of nitrogens with two attached hydrogens (primary N) is 1. The summed E-state index contributed by atoms with van der Waals surface area (Å²) in [5, 5.41) is 2.69. The highest BCUT2D eigenvalue weighted by Crippen LogP contribution is 2.22. The Hall–Kier alpha value is -1.59. The van der Waals surface area contributed by atoms with E-state index in [1.165, 1.54) is 16.9 Å². The third kappa shape index (κ3) is 3.05. The fraction of sp³-hybridized carbons (Fsp3) is 0.357. The lowest BCUT2D eigenvalue weighted by Crippen LogP contribution is -2.28. The molecule has 2 heterocycles. The van der Waals surface area contributed by atoms with E-state index >= 15 is 0 Å². The van der Waals surface area contributed by atoms with E-state index in [1.807, 2.05) is 17.5 Å². The van der Waals surface area contributed by atoms with Crippen LogP contribution < -0.4 is 10.5 Å². The van der Waals surface area contributed by atoms with Crippen LogP contribution in [0.2, 0.25) is 0 Å². The number of nitrogen functional groups attached to an aromatic ring is 1. The molecule has 0 spiro atoms. The maximum atomic E-state index is 5.76. The Morgan fingerprint density at radius 3 is 3.11 bits per heavy atom. The highest BCUT2D eigenvalue weighted by atomic mass is 32.1. The molecule has 0 bridgehead atoms. The molecule has 5 heteroatoms. The van der Waals surface area contributed by atoms with Gasteiger partial charge in [-0.3, -0.25) is 4.90 Å². The largest absolute Gasteiger partial charge is 0.492 e. The average Bonchev–Trinajstić information content (AvgIpc) is 2.72. The first-order chi connectivity index (χ1) is 9.31. The van der Waals surface area contributed by atoms with Gasteiger partial charge in [0.25, 0.3) is 0 Å². The average molecular weight is 275 g/mol. The molecule has 1 aliphatic heterocycles. The quantitative estimate of drug-likeness (QED) is 0.932. The van der Waals surface area contributed by atoms with Gasteiger partial charge >= 0.3 is 0 Å². The van der Waals surface area contributed by atoms with Crippen LogP contribution in [-0.4, -0.2) is 29.6 Å². The van der Waals surface area contributed by atoms with E-state index < -0.39 is 0 Å². The Labute approximate surface area is 116 Å². The number of fused-ring (bicyclic) bond motifs is 1. The van der Waals surface area contributed by atoms with Crippen molar-refractivity contribution in [2.45, 2.75) is 13.0 Å². The molecule has 1 aromatic carbocycles. The number of benzene rings is 1. The zero-order chi connectivity index (χ0) is 13.1. The minimum absolute atomic E-state index is 0.652. The van der Waals surface area contributed by atoms with E-state index in [2.05, 4.69) is 22.0 Å². The van der Waals surface area contributed by atoms with Crippen molar-refractivity contribution < 1.29 is 4.74 Å². The van der Waals surface area contributed by atoms with Crippen LogP contribution in [0, 0.1) is 0 Å². The van der Waals surface area contributed by atoms with Gasteiger partial charge in [0.05, 0.1) is 5.69 Å². The summed E-state index contributed by atoms with van der Waals surface area (Å²) in [7, 11) is 0. The lowest BCUT2D eigenvalue weighted by Gasteiger charge is -2.18. The monoisotopic (exact) mass is 275 g/mol. The van der Waals surface area contributed by atoms with Crippen LogP contribution in [0.3, 0.4) is 0 Å². The molecule has 2 aromatic rings. The molecule has 0 saturated heterocycles. The van der Waals surface area contributed by atoms with Gasteiger partial charge in [0.15, 0.2) is 5.13 Å². The fourth-order valence-corrected chi connectivity index (χ4v) is 2.88. The number of anilines is 1. The molecule has 0 unspecified atom stereocenters. The highest BCUT2D eigenvalue weighted by molar-refractivity contribution is 7.13. The highest BCUT2D eigenvalue weighted by Gasteiger charge is 2.14. The molecule has 1 aromatic heterocycles. The summed E-state index contributed by atoms with van der Waals surface area (Å²) in [4.78, 5) is 6.71. The van der Waals surface area contributed by atoms with Gasteiger partial charge in [-0.1, -0.05) is 18.2 Å². The van der Waals surface area contributed by atoms with E-state index in [4.69, 9.17) is 10.5 Å². The van der Waals surface area contributed by atoms with Crippen LogP contribution in [0.4, 0.5) is 5.13 Å². The second-order valence-electron chi connectivity index (χ2n) is 4.66. The first kappa shape index (κ1) is 12.4. The van der Waals surface area contributed by atoms with Gasteiger partial charge in [-0.25, -0.2) is 4.98 Å². The van der Waals surface area contributed by atoms with E-state index in [-0.39, 0.29) is 0 Å². The van der Waals surface area contributed by atoms with Gasteiger partial charge in [0.2, 0.25) is 0 Å². The van der Waals surface area contributed by atoms with Crippen LogP contribution >= 0.6 is 11.3 Å². The lowest BCUT2D eigenvalue weighted by atomic mass is 10.2. The van der Waals surface area contributed by atoms with Crippen molar-refractivity contribution in [3.8, 4) is 5.75 Å². The van der Waals surface area contributed by atoms with Crippen LogP contribution in [0.1, 0.15) is 11.3 Å². The van der Waals surface area contributed by atoms with Crippen molar-refractivity contribution in [2.75, 3.05) is 25.4 Å². The summed E-state index contributed by atoms with van der Waals surface area (Å²) in [5.41, 5.74) is 8.00. The van der Waals surface area contributed by atoms with E-state index in [1.54, 1.807) is 0 Å². The number of thiazole rings is 1. The number of para-hydroxylation sites is 1. The number of hydrogen-bond donors (Lipinski definition) is 1. The van der Waals surface area contributed by atoms with Crippen LogP contribution in [0.25, 0.3) is 0 Å². The summed E-state index contributed by atoms with van der Waals surface area (Å²) < 4.78 is 5.76. The number of aromatic nitrogens is 1. The molecule has 100 valence electrons. The molecule has 0 saturated carbocycles. The van der Waals surface area contributed by atoms with Crippen molar-refractivity contribution in [3.63, 3.8) is 0 Å². The van der Waals surface area contributed by atoms with Crippen LogP contribution in [-0.2, 0) is 13.0 Å². The molecular formula is C14H17N3OS. The van der Waals surface area contributed by atoms with Crippen molar-refractivity contribution in [1.82, 2.24) is 9.88 Å². The zero-order valence-corrected chi connectivity index (χ0v) is 11.5. The SMILES string of the molecule is Nc1nc(CCN2CCOc3ccccc3C2)cs1. The van der Waals surface area contributed by atoms with E-state index in [0.717, 1.165) is 44.1 Å². The second-order valence-corrected chi connectivity index (χ2v) is 5.55. The summed E-state index contributed by atoms with van der Waals surface area (Å²) in [5.74, 6) is 1.02. The van der Waals surface area contributed by atoms with E-state index in [9.17, 15) is 0 Å². The third-order valence-corrected chi connectivity index (χ3v) is 4.01. The molecule has 3 rings (SSSR count). The number of rotatable bonds is 3. The predicted molar refractivity (Wildman–Crippen MR) is 77.4 cm³/mol. The van der Waals surface area contributed by atoms with Gasteiger partial charge in [-0.05, 0) is 6.07 Å². The van der Waals surface area contributed by atoms with Crippen molar-refractivity contribution in [3.05, 3.63) is 40.9 Å². The first-order valence-corrected chi connectivity index (χ1v) is 7.32. The molecule has 1 aliphatic rings.